The van der Waals surface area contributed by atoms with Crippen LogP contribution in [0.2, 0.25) is 5.02 Å². The summed E-state index contributed by atoms with van der Waals surface area (Å²) in [5, 5.41) is 29.3. The normalized spacial score (nSPS) is 20.1. The minimum atomic E-state index is -0.698. The second kappa shape index (κ2) is 16.9. The van der Waals surface area contributed by atoms with Crippen molar-refractivity contribution in [1.82, 2.24) is 30.0 Å². The molecule has 1 aliphatic heterocycles. The fourth-order valence-electron chi connectivity index (χ4n) is 7.81. The van der Waals surface area contributed by atoms with E-state index in [1.165, 1.54) is 0 Å². The average Bonchev–Trinajstić information content (AvgIpc) is 3.65. The molecule has 2 aromatic carbocycles. The third-order valence-electron chi connectivity index (χ3n) is 10.9. The van der Waals surface area contributed by atoms with Gasteiger partial charge in [0.25, 0.3) is 0 Å². The molecular formula is C41H47ClN6O7. The first-order valence-electron chi connectivity index (χ1n) is 18.5. The fourth-order valence-corrected chi connectivity index (χ4v) is 8.14. The first kappa shape index (κ1) is 38.5. The van der Waals surface area contributed by atoms with Gasteiger partial charge in [0.05, 0.1) is 68.0 Å². The predicted molar refractivity (Wildman–Crippen MR) is 209 cm³/mol. The van der Waals surface area contributed by atoms with Gasteiger partial charge in [0.15, 0.2) is 5.82 Å². The molecule has 1 saturated carbocycles. The zero-order valence-corrected chi connectivity index (χ0v) is 32.3. The van der Waals surface area contributed by atoms with E-state index in [1.807, 2.05) is 54.6 Å². The molecule has 7 rings (SSSR count). The number of pyridine rings is 2. The number of aliphatic carboxylic acids is 1. The number of aliphatic hydroxyl groups is 1. The van der Waals surface area contributed by atoms with Gasteiger partial charge in [0.1, 0.15) is 5.75 Å². The molecule has 1 saturated heterocycles. The van der Waals surface area contributed by atoms with E-state index in [1.54, 1.807) is 32.2 Å². The number of fused-ring (bicyclic) bond motifs is 1. The summed E-state index contributed by atoms with van der Waals surface area (Å²) in [5.74, 6) is 1.06. The zero-order chi connectivity index (χ0) is 38.6. The summed E-state index contributed by atoms with van der Waals surface area (Å²) < 4.78 is 24.4. The molecule has 1 aliphatic carbocycles. The van der Waals surface area contributed by atoms with Crippen LogP contribution in [0, 0.1) is 5.92 Å². The van der Waals surface area contributed by atoms with Crippen LogP contribution in [0.15, 0.2) is 60.8 Å². The lowest BCUT2D eigenvalue weighted by molar-refractivity contribution is -0.143. The molecule has 14 heteroatoms. The number of aliphatic hydroxyl groups excluding tert-OH is 1. The third-order valence-corrected chi connectivity index (χ3v) is 11.3. The van der Waals surface area contributed by atoms with Crippen LogP contribution < -0.4 is 19.5 Å². The van der Waals surface area contributed by atoms with Gasteiger partial charge >= 0.3 is 5.97 Å². The largest absolute Gasteiger partial charge is 0.496 e. The van der Waals surface area contributed by atoms with Gasteiger partial charge in [-0.15, -0.1) is 0 Å². The second-order valence-corrected chi connectivity index (χ2v) is 14.6. The Morgan fingerprint density at radius 3 is 2.44 bits per heavy atom. The number of hydrogen-bond donors (Lipinski definition) is 3. The smallest absolute Gasteiger partial charge is 0.306 e. The number of carboxylic acids is 1. The Labute approximate surface area is 325 Å². The van der Waals surface area contributed by atoms with E-state index in [-0.39, 0.29) is 12.0 Å². The Balaban J connectivity index is 1.15. The summed E-state index contributed by atoms with van der Waals surface area (Å²) in [6, 6.07) is 17.9. The lowest BCUT2D eigenvalue weighted by atomic mass is 9.85. The number of nitrogens with one attached hydrogen (secondary N) is 1. The zero-order valence-electron chi connectivity index (χ0n) is 31.5. The topological polar surface area (TPSA) is 153 Å². The number of rotatable bonds is 13. The summed E-state index contributed by atoms with van der Waals surface area (Å²) in [6.45, 7) is 1.90. The Hall–Kier alpha value is -4.79. The van der Waals surface area contributed by atoms with Crippen LogP contribution in [0.3, 0.4) is 0 Å². The van der Waals surface area contributed by atoms with Crippen molar-refractivity contribution < 1.29 is 34.0 Å². The maximum absolute atomic E-state index is 11.4. The van der Waals surface area contributed by atoms with Crippen molar-refractivity contribution in [3.8, 4) is 45.7 Å². The molecule has 2 fully saturated rings. The quantitative estimate of drug-likeness (QED) is 0.126. The average molecular weight is 771 g/mol. The fraction of sp³-hybridized carbons (Fsp3) is 0.415. The number of nitrogens with zero attached hydrogens (tertiary/aromatic N) is 5. The van der Waals surface area contributed by atoms with Crippen LogP contribution in [0.4, 0.5) is 0 Å². The molecule has 3 aromatic heterocycles. The Kier molecular flexibility index (Phi) is 11.8. The summed E-state index contributed by atoms with van der Waals surface area (Å²) >= 11 is 7.22. The molecule has 13 nitrogen and oxygen atoms in total. The molecule has 290 valence electrons. The van der Waals surface area contributed by atoms with Crippen LogP contribution in [-0.2, 0) is 22.6 Å². The highest BCUT2D eigenvalue weighted by Gasteiger charge is 2.29. The number of benzene rings is 2. The van der Waals surface area contributed by atoms with Crippen LogP contribution in [0.1, 0.15) is 43.2 Å². The lowest BCUT2D eigenvalue weighted by Crippen LogP contribution is -2.46. The van der Waals surface area contributed by atoms with Crippen LogP contribution in [0.5, 0.6) is 17.5 Å². The number of carboxylic acid groups (broad SMARTS) is 1. The van der Waals surface area contributed by atoms with E-state index < -0.39 is 12.1 Å². The minimum absolute atomic E-state index is 0.116. The van der Waals surface area contributed by atoms with E-state index in [0.717, 1.165) is 51.6 Å². The van der Waals surface area contributed by atoms with Gasteiger partial charge in [-0.2, -0.15) is 10.1 Å². The summed E-state index contributed by atoms with van der Waals surface area (Å²) in [6.07, 6.45) is 4.98. The molecule has 0 radical (unpaired) electrons. The third kappa shape index (κ3) is 7.98. The summed E-state index contributed by atoms with van der Waals surface area (Å²) in [5.41, 5.74) is 5.67. The molecule has 0 unspecified atom stereocenters. The second-order valence-electron chi connectivity index (χ2n) is 14.2. The molecule has 5 aromatic rings. The number of ether oxygens (including phenoxy) is 4. The molecule has 0 amide bonds. The molecule has 2 aliphatic rings. The van der Waals surface area contributed by atoms with Crippen molar-refractivity contribution in [3.05, 3.63) is 76.9 Å². The van der Waals surface area contributed by atoms with Crippen molar-refractivity contribution >= 4 is 28.5 Å². The maximum Gasteiger partial charge on any atom is 0.306 e. The number of methoxy groups -OCH3 is 3. The molecule has 55 heavy (non-hydrogen) atoms. The van der Waals surface area contributed by atoms with Crippen LogP contribution in [0.25, 0.3) is 39.1 Å². The highest BCUT2D eigenvalue weighted by atomic mass is 35.5. The summed E-state index contributed by atoms with van der Waals surface area (Å²) in [7, 11) is 6.86. The highest BCUT2D eigenvalue weighted by Crippen LogP contribution is 2.40. The number of hydrogen-bond acceptors (Lipinski definition) is 11. The van der Waals surface area contributed by atoms with Crippen LogP contribution >= 0.6 is 11.6 Å². The van der Waals surface area contributed by atoms with Gasteiger partial charge in [-0.1, -0.05) is 48.0 Å². The van der Waals surface area contributed by atoms with E-state index in [4.69, 9.17) is 45.6 Å². The Morgan fingerprint density at radius 2 is 1.71 bits per heavy atom. The lowest BCUT2D eigenvalue weighted by Gasteiger charge is -2.33. The van der Waals surface area contributed by atoms with E-state index in [2.05, 4.69) is 17.3 Å². The van der Waals surface area contributed by atoms with Gasteiger partial charge in [-0.3, -0.25) is 9.69 Å². The van der Waals surface area contributed by atoms with Crippen molar-refractivity contribution in [2.45, 2.75) is 63.4 Å². The van der Waals surface area contributed by atoms with Crippen molar-refractivity contribution in [2.24, 2.45) is 5.92 Å². The first-order valence-corrected chi connectivity index (χ1v) is 18.9. The monoisotopic (exact) mass is 770 g/mol. The van der Waals surface area contributed by atoms with Crippen LogP contribution in [-0.4, -0.2) is 101 Å². The number of halogens is 1. The van der Waals surface area contributed by atoms with Gasteiger partial charge in [-0.05, 0) is 56.8 Å². The van der Waals surface area contributed by atoms with E-state index in [9.17, 15) is 15.0 Å². The first-order chi connectivity index (χ1) is 26.7. The van der Waals surface area contributed by atoms with Gasteiger partial charge in [0.2, 0.25) is 11.8 Å². The van der Waals surface area contributed by atoms with Gasteiger partial charge < -0.3 is 34.5 Å². The maximum atomic E-state index is 11.4. The van der Waals surface area contributed by atoms with E-state index >= 15 is 0 Å². The standard InChI is InChI=1S/C41H47ClN6O7/c1-47(26-14-11-24(12-15-26)41(50)51)22-25-13-16-32(45-39(25)53-3)29-9-5-8-28(38(29)42)27-7-6-10-34-30(27)21-44-48(34)37-19-36(52-2)31(40(46-37)54-4)20-43-33-17-18-55-23-35(33)49/h5-10,13,16,19,21,24,26,33,35,43,49H,11-12,14-15,17-18,20,22-23H2,1-4H3,(H,50,51)/t24?,26?,33-,35+/m1/s1. The minimum Gasteiger partial charge on any atom is -0.496 e. The number of carbonyl (C=O) groups is 1. The summed E-state index contributed by atoms with van der Waals surface area (Å²) in [4.78, 5) is 23.4. The van der Waals surface area contributed by atoms with Crippen molar-refractivity contribution in [3.63, 3.8) is 0 Å². The molecular weight excluding hydrogens is 724 g/mol. The molecule has 4 heterocycles. The predicted octanol–water partition coefficient (Wildman–Crippen LogP) is 6.14. The highest BCUT2D eigenvalue weighted by molar-refractivity contribution is 6.36. The molecule has 0 spiro atoms. The van der Waals surface area contributed by atoms with Crippen molar-refractivity contribution in [2.75, 3.05) is 41.6 Å². The van der Waals surface area contributed by atoms with Gasteiger partial charge in [0, 0.05) is 59.9 Å². The van der Waals surface area contributed by atoms with Gasteiger partial charge in [-0.25, -0.2) is 9.67 Å². The number of aromatic nitrogens is 4. The van der Waals surface area contributed by atoms with Crippen molar-refractivity contribution in [1.29, 1.82) is 0 Å². The van der Waals surface area contributed by atoms with E-state index in [0.29, 0.717) is 85.7 Å². The Bertz CT molecular complexity index is 2130. The SMILES string of the molecule is COc1cc(-n2ncc3c(-c4cccc(-c5ccc(CN(C)C6CCC(C(=O)O)CC6)c(OC)n5)c4Cl)cccc32)nc(OC)c1CN[C@@H]1CCOC[C@@H]1O. The molecule has 3 N–H and O–H groups in total. The molecule has 2 atom stereocenters. The Morgan fingerprint density at radius 1 is 0.964 bits per heavy atom. The molecule has 0 bridgehead atoms.